The number of benzene rings is 1. The van der Waals surface area contributed by atoms with Crippen molar-refractivity contribution in [3.8, 4) is 5.75 Å². The lowest BCUT2D eigenvalue weighted by Gasteiger charge is -2.39. The average Bonchev–Trinajstić information content (AvgIpc) is 2.69. The van der Waals surface area contributed by atoms with E-state index in [4.69, 9.17) is 10.5 Å². The van der Waals surface area contributed by atoms with Crippen LogP contribution in [0.3, 0.4) is 0 Å². The molecule has 1 saturated heterocycles. The van der Waals surface area contributed by atoms with Crippen molar-refractivity contribution in [1.29, 1.82) is 0 Å². The number of nitrogens with one attached hydrogen (secondary N) is 1. The minimum atomic E-state index is -0.395. The predicted molar refractivity (Wildman–Crippen MR) is 123 cm³/mol. The van der Waals surface area contributed by atoms with E-state index in [0.717, 1.165) is 50.1 Å². The zero-order chi connectivity index (χ0) is 19.3. The molecule has 0 radical (unpaired) electrons. The monoisotopic (exact) mass is 445 g/mol. The second-order valence-electron chi connectivity index (χ2n) is 8.40. The number of amides is 1. The lowest BCUT2D eigenvalue weighted by Crippen LogP contribution is -2.53. The molecule has 1 aromatic rings. The zero-order valence-corrected chi connectivity index (χ0v) is 19.3. The SMILES string of the molecule is COc1ccccc1C(CNC(=O)C1CCCCC1(C)N)N1CCCCC1.Cl.Cl. The summed E-state index contributed by atoms with van der Waals surface area (Å²) in [6.07, 6.45) is 7.73. The van der Waals surface area contributed by atoms with Crippen LogP contribution in [0.4, 0.5) is 0 Å². The summed E-state index contributed by atoms with van der Waals surface area (Å²) in [4.78, 5) is 15.4. The summed E-state index contributed by atoms with van der Waals surface area (Å²) in [6, 6.07) is 8.31. The fraction of sp³-hybridized carbons (Fsp3) is 0.682. The van der Waals surface area contributed by atoms with E-state index in [1.807, 2.05) is 19.1 Å². The maximum absolute atomic E-state index is 12.9. The first-order chi connectivity index (χ1) is 13.0. The summed E-state index contributed by atoms with van der Waals surface area (Å²) in [7, 11) is 1.71. The Morgan fingerprint density at radius 3 is 2.55 bits per heavy atom. The van der Waals surface area contributed by atoms with Crippen LogP contribution in [0.5, 0.6) is 5.75 Å². The van der Waals surface area contributed by atoms with Gasteiger partial charge in [0, 0.05) is 17.6 Å². The highest BCUT2D eigenvalue weighted by Crippen LogP contribution is 2.33. The van der Waals surface area contributed by atoms with Gasteiger partial charge in [0.1, 0.15) is 5.75 Å². The average molecular weight is 446 g/mol. The van der Waals surface area contributed by atoms with Crippen LogP contribution in [0.1, 0.15) is 63.5 Å². The summed E-state index contributed by atoms with van der Waals surface area (Å²) in [6.45, 7) is 4.76. The second kappa shape index (κ2) is 12.0. The van der Waals surface area contributed by atoms with Crippen LogP contribution in [0.15, 0.2) is 24.3 Å². The van der Waals surface area contributed by atoms with E-state index in [1.54, 1.807) is 7.11 Å². The largest absolute Gasteiger partial charge is 0.496 e. The first-order valence-corrected chi connectivity index (χ1v) is 10.5. The van der Waals surface area contributed by atoms with Gasteiger partial charge in [0.05, 0.1) is 19.1 Å². The third-order valence-electron chi connectivity index (χ3n) is 6.37. The van der Waals surface area contributed by atoms with Gasteiger partial charge in [-0.1, -0.05) is 37.5 Å². The van der Waals surface area contributed by atoms with Crippen LogP contribution in [0, 0.1) is 5.92 Å². The molecule has 3 rings (SSSR count). The quantitative estimate of drug-likeness (QED) is 0.691. The van der Waals surface area contributed by atoms with Gasteiger partial charge in [-0.3, -0.25) is 9.69 Å². The predicted octanol–water partition coefficient (Wildman–Crippen LogP) is 4.09. The highest BCUT2D eigenvalue weighted by molar-refractivity contribution is 5.85. The van der Waals surface area contributed by atoms with Crippen LogP contribution in [-0.4, -0.2) is 43.1 Å². The molecule has 0 spiro atoms. The van der Waals surface area contributed by atoms with Crippen molar-refractivity contribution in [3.05, 3.63) is 29.8 Å². The van der Waals surface area contributed by atoms with Gasteiger partial charge in [-0.15, -0.1) is 24.8 Å². The van der Waals surface area contributed by atoms with Crippen molar-refractivity contribution in [3.63, 3.8) is 0 Å². The van der Waals surface area contributed by atoms with Crippen LogP contribution in [0.2, 0.25) is 0 Å². The summed E-state index contributed by atoms with van der Waals surface area (Å²) < 4.78 is 5.61. The molecule has 1 aromatic carbocycles. The molecule has 0 aromatic heterocycles. The zero-order valence-electron chi connectivity index (χ0n) is 17.7. The van der Waals surface area contributed by atoms with Gasteiger partial charge in [-0.05, 0) is 51.8 Å². The number of carbonyl (C=O) groups excluding carboxylic acids is 1. The molecule has 1 aliphatic heterocycles. The van der Waals surface area contributed by atoms with Gasteiger partial charge >= 0.3 is 0 Å². The van der Waals surface area contributed by atoms with E-state index < -0.39 is 5.54 Å². The van der Waals surface area contributed by atoms with Crippen LogP contribution >= 0.6 is 24.8 Å². The number of nitrogens with zero attached hydrogens (tertiary/aromatic N) is 1. The number of halogens is 2. The molecule has 2 fully saturated rings. The van der Waals surface area contributed by atoms with Crippen molar-refractivity contribution < 1.29 is 9.53 Å². The molecule has 0 bridgehead atoms. The molecule has 1 amide bonds. The van der Waals surface area contributed by atoms with Crippen molar-refractivity contribution in [2.75, 3.05) is 26.7 Å². The number of rotatable bonds is 6. The number of methoxy groups -OCH3 is 1. The Morgan fingerprint density at radius 1 is 1.21 bits per heavy atom. The maximum Gasteiger partial charge on any atom is 0.225 e. The number of hydrogen-bond donors (Lipinski definition) is 2. The Morgan fingerprint density at radius 2 is 1.90 bits per heavy atom. The third kappa shape index (κ3) is 6.48. The van der Waals surface area contributed by atoms with E-state index in [0.29, 0.717) is 6.54 Å². The molecule has 2 aliphatic rings. The lowest BCUT2D eigenvalue weighted by atomic mass is 9.74. The van der Waals surface area contributed by atoms with Crippen molar-refractivity contribution in [2.24, 2.45) is 11.7 Å². The Balaban J connectivity index is 0.00000210. The Kier molecular flexibility index (Phi) is 10.8. The van der Waals surface area contributed by atoms with Crippen LogP contribution in [0.25, 0.3) is 0 Å². The first kappa shape index (κ1) is 26.0. The van der Waals surface area contributed by atoms with Gasteiger partial charge < -0.3 is 15.8 Å². The van der Waals surface area contributed by atoms with Gasteiger partial charge in [0.2, 0.25) is 5.91 Å². The standard InChI is InChI=1S/C22H35N3O2.2ClH/c1-22(23)13-7-6-11-18(22)21(26)24-16-19(25-14-8-3-9-15-25)17-10-4-5-12-20(17)27-2;;/h4-5,10,12,18-19H,3,6-9,11,13-16,23H2,1-2H3,(H,24,26);2*1H. The number of nitrogens with two attached hydrogens (primary N) is 1. The molecular formula is C22H37Cl2N3O2. The van der Waals surface area contributed by atoms with Crippen LogP contribution in [-0.2, 0) is 4.79 Å². The summed E-state index contributed by atoms with van der Waals surface area (Å²) in [5.74, 6) is 0.909. The molecule has 29 heavy (non-hydrogen) atoms. The third-order valence-corrected chi connectivity index (χ3v) is 6.37. The fourth-order valence-electron chi connectivity index (χ4n) is 4.72. The fourth-order valence-corrected chi connectivity index (χ4v) is 4.72. The van der Waals surface area contributed by atoms with E-state index in [9.17, 15) is 4.79 Å². The molecule has 3 atom stereocenters. The topological polar surface area (TPSA) is 67.6 Å². The van der Waals surface area contributed by atoms with Crippen LogP contribution < -0.4 is 15.8 Å². The Bertz CT molecular complexity index is 636. The van der Waals surface area contributed by atoms with Gasteiger partial charge in [-0.25, -0.2) is 0 Å². The van der Waals surface area contributed by atoms with Crippen molar-refractivity contribution in [1.82, 2.24) is 10.2 Å². The van der Waals surface area contributed by atoms with Gasteiger partial charge in [0.15, 0.2) is 0 Å². The normalized spacial score (nSPS) is 25.8. The molecular weight excluding hydrogens is 409 g/mol. The summed E-state index contributed by atoms with van der Waals surface area (Å²) in [5, 5.41) is 3.24. The van der Waals surface area contributed by atoms with E-state index in [2.05, 4.69) is 22.3 Å². The van der Waals surface area contributed by atoms with Crippen molar-refractivity contribution in [2.45, 2.75) is 63.5 Å². The molecule has 3 unspecified atom stereocenters. The highest BCUT2D eigenvalue weighted by Gasteiger charge is 2.38. The number of para-hydroxylation sites is 1. The molecule has 3 N–H and O–H groups in total. The van der Waals surface area contributed by atoms with E-state index in [1.165, 1.54) is 19.3 Å². The first-order valence-electron chi connectivity index (χ1n) is 10.5. The molecule has 166 valence electrons. The number of carbonyl (C=O) groups is 1. The number of likely N-dealkylation sites (tertiary alicyclic amines) is 1. The molecule has 1 aliphatic carbocycles. The molecule has 1 saturated carbocycles. The van der Waals surface area contributed by atoms with Gasteiger partial charge in [0.25, 0.3) is 0 Å². The Hall–Kier alpha value is -1.01. The lowest BCUT2D eigenvalue weighted by molar-refractivity contribution is -0.128. The second-order valence-corrected chi connectivity index (χ2v) is 8.40. The summed E-state index contributed by atoms with van der Waals surface area (Å²) >= 11 is 0. The number of hydrogen-bond acceptors (Lipinski definition) is 4. The Labute approximate surface area is 187 Å². The van der Waals surface area contributed by atoms with E-state index in [-0.39, 0.29) is 42.7 Å². The van der Waals surface area contributed by atoms with Crippen molar-refractivity contribution >= 4 is 30.7 Å². The number of piperidine rings is 1. The smallest absolute Gasteiger partial charge is 0.225 e. The van der Waals surface area contributed by atoms with E-state index >= 15 is 0 Å². The summed E-state index contributed by atoms with van der Waals surface area (Å²) in [5.41, 5.74) is 7.20. The minimum Gasteiger partial charge on any atom is -0.496 e. The minimum absolute atomic E-state index is 0. The van der Waals surface area contributed by atoms with Gasteiger partial charge in [-0.2, -0.15) is 0 Å². The molecule has 1 heterocycles. The molecule has 5 nitrogen and oxygen atoms in total. The number of ether oxygens (including phenoxy) is 1. The highest BCUT2D eigenvalue weighted by atomic mass is 35.5. The maximum atomic E-state index is 12.9. The molecule has 7 heteroatoms.